The molecule has 0 radical (unpaired) electrons. The Morgan fingerprint density at radius 2 is 1.85 bits per heavy atom. The van der Waals surface area contributed by atoms with Crippen LogP contribution in [0.3, 0.4) is 0 Å². The number of hydrogen-bond donors (Lipinski definition) is 0. The number of ether oxygens (including phenoxy) is 2. The van der Waals surface area contributed by atoms with Crippen LogP contribution in [-0.2, 0) is 22.5 Å². The Kier molecular flexibility index (Phi) is 5.14. The van der Waals surface area contributed by atoms with E-state index in [2.05, 4.69) is 11.0 Å². The highest BCUT2D eigenvalue weighted by molar-refractivity contribution is 5.83. The maximum Gasteiger partial charge on any atom is 0.257 e. The quantitative estimate of drug-likeness (QED) is 0.838. The summed E-state index contributed by atoms with van der Waals surface area (Å²) in [5.74, 6) is 0.885. The molecule has 0 spiro atoms. The molecule has 0 saturated heterocycles. The number of carbonyl (C=O) groups is 1. The van der Waals surface area contributed by atoms with Gasteiger partial charge < -0.3 is 19.3 Å². The fraction of sp³-hybridized carbons (Fsp3) is 0.409. The molecule has 2 atom stereocenters. The van der Waals surface area contributed by atoms with Gasteiger partial charge in [0.05, 0.1) is 12.6 Å². The van der Waals surface area contributed by atoms with Gasteiger partial charge in [-0.2, -0.15) is 0 Å². The van der Waals surface area contributed by atoms with Crippen LogP contribution >= 0.6 is 0 Å². The van der Waals surface area contributed by atoms with Crippen molar-refractivity contribution in [2.45, 2.75) is 25.1 Å². The number of hydrogen-bond acceptors (Lipinski definition) is 4. The molecule has 27 heavy (non-hydrogen) atoms. The number of fused-ring (bicyclic) bond motifs is 2. The Bertz CT molecular complexity index is 821. The summed E-state index contributed by atoms with van der Waals surface area (Å²) in [6.45, 7) is 2.34. The largest absolute Gasteiger partial charge is 0.491 e. The van der Waals surface area contributed by atoms with Gasteiger partial charge in [-0.15, -0.1) is 0 Å². The van der Waals surface area contributed by atoms with Crippen molar-refractivity contribution in [2.24, 2.45) is 0 Å². The zero-order chi connectivity index (χ0) is 18.8. The number of rotatable bonds is 3. The predicted molar refractivity (Wildman–Crippen MR) is 104 cm³/mol. The molecular formula is C22H26N2O3. The number of benzene rings is 2. The van der Waals surface area contributed by atoms with E-state index in [0.717, 1.165) is 29.8 Å². The molecule has 4 rings (SSSR count). The minimum atomic E-state index is -0.537. The third kappa shape index (κ3) is 3.70. The highest BCUT2D eigenvalue weighted by Gasteiger charge is 2.36. The molecule has 1 amide bonds. The monoisotopic (exact) mass is 366 g/mol. The molecule has 2 heterocycles. The molecule has 0 bridgehead atoms. The molecule has 0 fully saturated rings. The summed E-state index contributed by atoms with van der Waals surface area (Å²) in [5.41, 5.74) is 3.24. The summed E-state index contributed by atoms with van der Waals surface area (Å²) in [7, 11) is 4.04. The second-order valence-electron chi connectivity index (χ2n) is 7.50. The topological polar surface area (TPSA) is 42.0 Å². The molecule has 2 aliphatic heterocycles. The van der Waals surface area contributed by atoms with Crippen LogP contribution in [0, 0.1) is 0 Å². The maximum atomic E-state index is 13.6. The van der Waals surface area contributed by atoms with E-state index < -0.39 is 6.10 Å². The van der Waals surface area contributed by atoms with E-state index in [0.29, 0.717) is 19.8 Å². The van der Waals surface area contributed by atoms with E-state index in [-0.39, 0.29) is 11.9 Å². The van der Waals surface area contributed by atoms with Crippen LogP contribution in [-0.4, -0.2) is 55.6 Å². The molecule has 2 aromatic carbocycles. The number of likely N-dealkylation sites (N-methyl/N-ethyl adjacent to an activating group) is 1. The SMILES string of the molecule is CN(C)C[C@H]1COc2ccccc2CN1C(=O)[C@H]1OCCc2ccccc21. The van der Waals surface area contributed by atoms with Crippen LogP contribution in [0.5, 0.6) is 5.75 Å². The van der Waals surface area contributed by atoms with Crippen LogP contribution in [0.2, 0.25) is 0 Å². The first-order chi connectivity index (χ1) is 13.1. The van der Waals surface area contributed by atoms with E-state index in [9.17, 15) is 4.79 Å². The first-order valence-electron chi connectivity index (χ1n) is 9.49. The average molecular weight is 366 g/mol. The predicted octanol–water partition coefficient (Wildman–Crippen LogP) is 2.65. The van der Waals surface area contributed by atoms with Gasteiger partial charge in [0, 0.05) is 18.7 Å². The summed E-state index contributed by atoms with van der Waals surface area (Å²) in [6, 6.07) is 16.0. The highest BCUT2D eigenvalue weighted by Crippen LogP contribution is 2.32. The summed E-state index contributed by atoms with van der Waals surface area (Å²) < 4.78 is 12.0. The second-order valence-corrected chi connectivity index (χ2v) is 7.50. The Morgan fingerprint density at radius 1 is 1.11 bits per heavy atom. The minimum Gasteiger partial charge on any atom is -0.491 e. The third-order valence-electron chi connectivity index (χ3n) is 5.26. The van der Waals surface area contributed by atoms with E-state index >= 15 is 0 Å². The number of nitrogens with zero attached hydrogens (tertiary/aromatic N) is 2. The fourth-order valence-corrected chi connectivity index (χ4v) is 3.94. The van der Waals surface area contributed by atoms with Gasteiger partial charge in [-0.25, -0.2) is 0 Å². The van der Waals surface area contributed by atoms with Crippen molar-refractivity contribution in [3.05, 3.63) is 65.2 Å². The molecule has 2 aliphatic rings. The van der Waals surface area contributed by atoms with E-state index in [1.807, 2.05) is 61.5 Å². The molecule has 5 heteroatoms. The van der Waals surface area contributed by atoms with Crippen molar-refractivity contribution >= 4 is 5.91 Å². The zero-order valence-electron chi connectivity index (χ0n) is 15.9. The Balaban J connectivity index is 1.67. The van der Waals surface area contributed by atoms with Gasteiger partial charge in [0.1, 0.15) is 12.4 Å². The van der Waals surface area contributed by atoms with Crippen molar-refractivity contribution in [2.75, 3.05) is 33.9 Å². The summed E-state index contributed by atoms with van der Waals surface area (Å²) in [5, 5.41) is 0. The van der Waals surface area contributed by atoms with Gasteiger partial charge >= 0.3 is 0 Å². The lowest BCUT2D eigenvalue weighted by Gasteiger charge is -2.35. The molecule has 0 N–H and O–H groups in total. The van der Waals surface area contributed by atoms with Gasteiger partial charge in [-0.3, -0.25) is 4.79 Å². The number of para-hydroxylation sites is 1. The van der Waals surface area contributed by atoms with Gasteiger partial charge in [0.25, 0.3) is 5.91 Å². The van der Waals surface area contributed by atoms with Gasteiger partial charge in [-0.1, -0.05) is 42.5 Å². The van der Waals surface area contributed by atoms with Crippen molar-refractivity contribution in [3.63, 3.8) is 0 Å². The molecule has 0 aliphatic carbocycles. The standard InChI is InChI=1S/C22H26N2O3/c1-23(2)14-18-15-27-20-10-6-4-8-17(20)13-24(18)22(25)21-19-9-5-3-7-16(19)11-12-26-21/h3-10,18,21H,11-15H2,1-2H3/t18-,21-/m0/s1. The lowest BCUT2D eigenvalue weighted by molar-refractivity contribution is -0.149. The van der Waals surface area contributed by atoms with E-state index in [4.69, 9.17) is 9.47 Å². The van der Waals surface area contributed by atoms with Crippen LogP contribution < -0.4 is 4.74 Å². The van der Waals surface area contributed by atoms with Gasteiger partial charge in [0.15, 0.2) is 6.10 Å². The summed E-state index contributed by atoms with van der Waals surface area (Å²) in [6.07, 6.45) is 0.317. The Hall–Kier alpha value is -2.37. The number of carbonyl (C=O) groups excluding carboxylic acids is 1. The van der Waals surface area contributed by atoms with E-state index in [1.165, 1.54) is 5.56 Å². The normalized spacial score (nSPS) is 21.8. The van der Waals surface area contributed by atoms with Crippen LogP contribution in [0.25, 0.3) is 0 Å². The first kappa shape index (κ1) is 18.0. The van der Waals surface area contributed by atoms with Crippen molar-refractivity contribution in [1.29, 1.82) is 0 Å². The van der Waals surface area contributed by atoms with Gasteiger partial charge in [-0.05, 0) is 37.7 Å². The third-order valence-corrected chi connectivity index (χ3v) is 5.26. The van der Waals surface area contributed by atoms with E-state index in [1.54, 1.807) is 0 Å². The van der Waals surface area contributed by atoms with Crippen LogP contribution in [0.4, 0.5) is 0 Å². The molecule has 142 valence electrons. The lowest BCUT2D eigenvalue weighted by atomic mass is 9.96. The molecule has 5 nitrogen and oxygen atoms in total. The lowest BCUT2D eigenvalue weighted by Crippen LogP contribution is -2.49. The van der Waals surface area contributed by atoms with Crippen molar-refractivity contribution in [1.82, 2.24) is 9.80 Å². The summed E-state index contributed by atoms with van der Waals surface area (Å²) in [4.78, 5) is 17.6. The van der Waals surface area contributed by atoms with Gasteiger partial charge in [0.2, 0.25) is 0 Å². The maximum absolute atomic E-state index is 13.6. The van der Waals surface area contributed by atoms with Crippen LogP contribution in [0.1, 0.15) is 22.8 Å². The zero-order valence-corrected chi connectivity index (χ0v) is 15.9. The second kappa shape index (κ2) is 7.71. The fourth-order valence-electron chi connectivity index (χ4n) is 3.94. The molecule has 0 saturated carbocycles. The Labute approximate surface area is 160 Å². The minimum absolute atomic E-state index is 0.0225. The molecule has 2 aromatic rings. The average Bonchev–Trinajstić information content (AvgIpc) is 2.86. The van der Waals surface area contributed by atoms with Crippen molar-refractivity contribution < 1.29 is 14.3 Å². The van der Waals surface area contributed by atoms with Crippen molar-refractivity contribution in [3.8, 4) is 5.75 Å². The molecule has 0 unspecified atom stereocenters. The smallest absolute Gasteiger partial charge is 0.257 e. The highest BCUT2D eigenvalue weighted by atomic mass is 16.5. The molecular weight excluding hydrogens is 340 g/mol. The number of amides is 1. The van der Waals surface area contributed by atoms with Crippen LogP contribution in [0.15, 0.2) is 48.5 Å². The molecule has 0 aromatic heterocycles. The first-order valence-corrected chi connectivity index (χ1v) is 9.49. The Morgan fingerprint density at radius 3 is 2.67 bits per heavy atom. The summed E-state index contributed by atoms with van der Waals surface area (Å²) >= 11 is 0.